The van der Waals surface area contributed by atoms with E-state index in [0.717, 1.165) is 5.56 Å². The highest BCUT2D eigenvalue weighted by molar-refractivity contribution is 6.30. The number of hydrogen-bond acceptors (Lipinski definition) is 4. The van der Waals surface area contributed by atoms with E-state index in [4.69, 9.17) is 21.1 Å². The summed E-state index contributed by atoms with van der Waals surface area (Å²) in [6.07, 6.45) is 2.65. The number of aromatic nitrogens is 1. The maximum Gasteiger partial charge on any atom is 0.326 e. The third-order valence-corrected chi connectivity index (χ3v) is 4.09. The van der Waals surface area contributed by atoms with Crippen molar-refractivity contribution in [3.8, 4) is 11.5 Å². The van der Waals surface area contributed by atoms with Crippen LogP contribution in [-0.4, -0.2) is 39.5 Å². The van der Waals surface area contributed by atoms with Crippen molar-refractivity contribution < 1.29 is 19.1 Å². The van der Waals surface area contributed by atoms with Gasteiger partial charge < -0.3 is 14.4 Å². The number of aliphatic carboxylic acids is 1. The third kappa shape index (κ3) is 3.37. The Hall–Kier alpha value is -2.34. The predicted molar refractivity (Wildman–Crippen MR) is 83.0 cm³/mol. The molecule has 1 aromatic carbocycles. The summed E-state index contributed by atoms with van der Waals surface area (Å²) in [6, 6.07) is 6.29. The van der Waals surface area contributed by atoms with Gasteiger partial charge in [-0.15, -0.1) is 0 Å². The zero-order valence-corrected chi connectivity index (χ0v) is 13.0. The summed E-state index contributed by atoms with van der Waals surface area (Å²) in [4.78, 5) is 29.1. The Balaban J connectivity index is 1.70. The van der Waals surface area contributed by atoms with E-state index < -0.39 is 12.0 Å². The number of carboxylic acid groups (broad SMARTS) is 1. The number of hydrogen-bond donors (Lipinski definition) is 1. The molecule has 1 aliphatic heterocycles. The Morgan fingerprint density at radius 2 is 2.09 bits per heavy atom. The van der Waals surface area contributed by atoms with Gasteiger partial charge >= 0.3 is 5.97 Å². The van der Waals surface area contributed by atoms with Crippen molar-refractivity contribution >= 4 is 23.5 Å². The maximum atomic E-state index is 12.3. The van der Waals surface area contributed by atoms with Gasteiger partial charge in [0.05, 0.1) is 12.1 Å². The molecule has 1 atom stereocenters. The third-order valence-electron chi connectivity index (χ3n) is 3.83. The molecule has 0 spiro atoms. The molecule has 120 valence electrons. The molecule has 1 aliphatic rings. The van der Waals surface area contributed by atoms with Crippen LogP contribution < -0.4 is 0 Å². The largest absolute Gasteiger partial charge is 0.480 e. The summed E-state index contributed by atoms with van der Waals surface area (Å²) in [5, 5.41) is 9.75. The van der Waals surface area contributed by atoms with Crippen molar-refractivity contribution in [2.45, 2.75) is 25.3 Å². The van der Waals surface area contributed by atoms with Gasteiger partial charge in [-0.3, -0.25) is 4.79 Å². The molecule has 23 heavy (non-hydrogen) atoms. The average molecular weight is 335 g/mol. The van der Waals surface area contributed by atoms with Crippen LogP contribution in [-0.2, 0) is 16.0 Å². The molecular formula is C16H15ClN2O4. The van der Waals surface area contributed by atoms with Crippen LogP contribution in [0.2, 0.25) is 5.02 Å². The van der Waals surface area contributed by atoms with Gasteiger partial charge in [-0.2, -0.15) is 0 Å². The van der Waals surface area contributed by atoms with Gasteiger partial charge in [-0.25, -0.2) is 9.78 Å². The minimum atomic E-state index is -0.960. The molecule has 3 rings (SSSR count). The number of rotatable bonds is 4. The quantitative estimate of drug-likeness (QED) is 0.929. The lowest BCUT2D eigenvalue weighted by molar-refractivity contribution is -0.148. The molecule has 1 N–H and O–H groups in total. The van der Waals surface area contributed by atoms with Crippen LogP contribution in [0.15, 0.2) is 34.9 Å². The van der Waals surface area contributed by atoms with E-state index in [1.807, 2.05) is 0 Å². The van der Waals surface area contributed by atoms with E-state index >= 15 is 0 Å². The summed E-state index contributed by atoms with van der Waals surface area (Å²) in [6.45, 7) is 0.470. The molecule has 0 bridgehead atoms. The van der Waals surface area contributed by atoms with Crippen LogP contribution in [0.25, 0.3) is 11.5 Å². The zero-order valence-electron chi connectivity index (χ0n) is 12.2. The summed E-state index contributed by atoms with van der Waals surface area (Å²) in [5.41, 5.74) is 1.24. The molecule has 0 saturated carbocycles. The molecule has 0 radical (unpaired) electrons. The fourth-order valence-electron chi connectivity index (χ4n) is 2.69. The number of carboxylic acids is 1. The molecule has 1 aromatic heterocycles. The lowest BCUT2D eigenvalue weighted by atomic mass is 10.2. The first-order chi connectivity index (χ1) is 11.0. The first-order valence-corrected chi connectivity index (χ1v) is 7.65. The molecule has 0 aliphatic carbocycles. The molecular weight excluding hydrogens is 320 g/mol. The lowest BCUT2D eigenvalue weighted by Crippen LogP contribution is -2.41. The minimum Gasteiger partial charge on any atom is -0.480 e. The van der Waals surface area contributed by atoms with E-state index in [1.165, 1.54) is 11.2 Å². The van der Waals surface area contributed by atoms with Crippen molar-refractivity contribution in [3.63, 3.8) is 0 Å². The monoisotopic (exact) mass is 334 g/mol. The first kappa shape index (κ1) is 15.6. The number of likely N-dealkylation sites (tertiary alicyclic amines) is 1. The number of carbonyl (C=O) groups is 2. The van der Waals surface area contributed by atoms with Gasteiger partial charge in [0, 0.05) is 17.1 Å². The van der Waals surface area contributed by atoms with Crippen LogP contribution in [0.5, 0.6) is 0 Å². The van der Waals surface area contributed by atoms with E-state index in [-0.39, 0.29) is 12.3 Å². The van der Waals surface area contributed by atoms with Crippen molar-refractivity contribution in [2.24, 2.45) is 0 Å². The molecule has 2 aromatic rings. The van der Waals surface area contributed by atoms with Crippen molar-refractivity contribution in [1.82, 2.24) is 9.88 Å². The number of benzene rings is 1. The minimum absolute atomic E-state index is 0.0286. The van der Waals surface area contributed by atoms with E-state index in [2.05, 4.69) is 4.98 Å². The molecule has 0 unspecified atom stereocenters. The number of oxazole rings is 1. The zero-order chi connectivity index (χ0) is 16.4. The molecule has 1 saturated heterocycles. The summed E-state index contributed by atoms with van der Waals surface area (Å²) in [7, 11) is 0. The number of nitrogens with zero attached hydrogens (tertiary/aromatic N) is 2. The van der Waals surface area contributed by atoms with Gasteiger partial charge in [0.2, 0.25) is 11.8 Å². The predicted octanol–water partition coefficient (Wildman–Crippen LogP) is 2.61. The smallest absolute Gasteiger partial charge is 0.326 e. The van der Waals surface area contributed by atoms with Crippen LogP contribution in [0.4, 0.5) is 0 Å². The highest BCUT2D eigenvalue weighted by atomic mass is 35.5. The second-order valence-electron chi connectivity index (χ2n) is 5.41. The first-order valence-electron chi connectivity index (χ1n) is 7.27. The molecule has 1 amide bonds. The average Bonchev–Trinajstić information content (AvgIpc) is 3.16. The second-order valence-corrected chi connectivity index (χ2v) is 5.85. The normalized spacial score (nSPS) is 17.4. The highest BCUT2D eigenvalue weighted by Gasteiger charge is 2.34. The SMILES string of the molecule is O=C(O)[C@@H]1CCCN1C(=O)Cc1coc(-c2ccc(Cl)cc2)n1. The number of amides is 1. The van der Waals surface area contributed by atoms with Gasteiger partial charge in [0.1, 0.15) is 12.3 Å². The Labute approximate surface area is 137 Å². The fourth-order valence-corrected chi connectivity index (χ4v) is 2.82. The van der Waals surface area contributed by atoms with Gasteiger partial charge in [-0.05, 0) is 37.1 Å². The van der Waals surface area contributed by atoms with Crippen molar-refractivity contribution in [3.05, 3.63) is 41.2 Å². The molecule has 1 fully saturated rings. The van der Waals surface area contributed by atoms with E-state index in [1.54, 1.807) is 24.3 Å². The maximum absolute atomic E-state index is 12.3. The summed E-state index contributed by atoms with van der Waals surface area (Å²) >= 11 is 5.84. The highest BCUT2D eigenvalue weighted by Crippen LogP contribution is 2.22. The van der Waals surface area contributed by atoms with E-state index in [9.17, 15) is 9.59 Å². The van der Waals surface area contributed by atoms with Crippen molar-refractivity contribution in [1.29, 1.82) is 0 Å². The van der Waals surface area contributed by atoms with Crippen LogP contribution in [0.3, 0.4) is 0 Å². The van der Waals surface area contributed by atoms with Crippen LogP contribution in [0.1, 0.15) is 18.5 Å². The van der Waals surface area contributed by atoms with Crippen LogP contribution >= 0.6 is 11.6 Å². The van der Waals surface area contributed by atoms with Gasteiger partial charge in [0.15, 0.2) is 0 Å². The fraction of sp³-hybridized carbons (Fsp3) is 0.312. The number of halogens is 1. The van der Waals surface area contributed by atoms with Crippen molar-refractivity contribution in [2.75, 3.05) is 6.54 Å². The lowest BCUT2D eigenvalue weighted by Gasteiger charge is -2.20. The Kier molecular flexibility index (Phi) is 4.34. The Bertz CT molecular complexity index is 726. The summed E-state index contributed by atoms with van der Waals surface area (Å²) in [5.74, 6) is -0.801. The van der Waals surface area contributed by atoms with Crippen LogP contribution in [0, 0.1) is 0 Å². The molecule has 6 nitrogen and oxygen atoms in total. The Morgan fingerprint density at radius 1 is 1.35 bits per heavy atom. The Morgan fingerprint density at radius 3 is 2.78 bits per heavy atom. The summed E-state index contributed by atoms with van der Waals surface area (Å²) < 4.78 is 5.39. The van der Waals surface area contributed by atoms with Gasteiger partial charge in [-0.1, -0.05) is 11.6 Å². The van der Waals surface area contributed by atoms with E-state index in [0.29, 0.717) is 36.0 Å². The number of carbonyl (C=O) groups excluding carboxylic acids is 1. The topological polar surface area (TPSA) is 83.6 Å². The standard InChI is InChI=1S/C16H15ClN2O4/c17-11-5-3-10(4-6-11)15-18-12(9-23-15)8-14(20)19-7-1-2-13(19)16(21)22/h3-6,9,13H,1-2,7-8H2,(H,21,22)/t13-/m0/s1. The second kappa shape index (κ2) is 6.42. The molecule has 2 heterocycles. The molecule has 7 heteroatoms. The van der Waals surface area contributed by atoms with Gasteiger partial charge in [0.25, 0.3) is 0 Å².